The highest BCUT2D eigenvalue weighted by Crippen LogP contribution is 2.30. The number of aromatic nitrogens is 4. The molecule has 0 spiro atoms. The molecule has 0 fully saturated rings. The van der Waals surface area contributed by atoms with Gasteiger partial charge in [0.15, 0.2) is 11.2 Å². The third-order valence-electron chi connectivity index (χ3n) is 5.85. The molecule has 0 N–H and O–H groups in total. The minimum atomic E-state index is -4.92. The molecule has 2 aromatic carbocycles. The van der Waals surface area contributed by atoms with Crippen molar-refractivity contribution in [2.75, 3.05) is 0 Å². The summed E-state index contributed by atoms with van der Waals surface area (Å²) in [5, 5.41) is 0.467. The van der Waals surface area contributed by atoms with Crippen LogP contribution in [-0.2, 0) is 18.4 Å². The average molecular weight is 595 g/mol. The van der Waals surface area contributed by atoms with E-state index in [1.54, 1.807) is 24.3 Å². The Morgan fingerprint density at radius 3 is 2.32 bits per heavy atom. The molecule has 4 rings (SSSR count). The van der Waals surface area contributed by atoms with E-state index in [-0.39, 0.29) is 41.3 Å². The number of halogens is 4. The lowest BCUT2D eigenvalue weighted by Crippen LogP contribution is -2.45. The maximum absolute atomic E-state index is 13.6. The fourth-order valence-electron chi connectivity index (χ4n) is 3.82. The molecule has 0 unspecified atom stereocenters. The Bertz CT molecular complexity index is 1700. The monoisotopic (exact) mass is 594 g/mol. The van der Waals surface area contributed by atoms with Crippen molar-refractivity contribution in [1.29, 1.82) is 0 Å². The van der Waals surface area contributed by atoms with Crippen LogP contribution in [0.2, 0.25) is 5.02 Å². The zero-order chi connectivity index (χ0) is 30.1. The normalized spacial score (nSPS) is 12.0. The number of rotatable bonds is 8. The van der Waals surface area contributed by atoms with Gasteiger partial charge in [-0.2, -0.15) is 4.98 Å². The van der Waals surface area contributed by atoms with Gasteiger partial charge in [-0.1, -0.05) is 55.3 Å². The standard InChI is InChI=1S/C27H26ClF3N4O6/c1-26(2,3)13-12-20(36)41-35-23(37)21-22(33(4)25(35)38)32-24(34(21)15-16-8-10-17(28)11-9-16)39-18-6-5-7-19(14-18)40-27(29,30)31/h5-11,14H,12-13,15H2,1-4H3. The molecule has 0 bridgehead atoms. The van der Waals surface area contributed by atoms with Crippen molar-refractivity contribution < 1.29 is 32.3 Å². The van der Waals surface area contributed by atoms with E-state index in [2.05, 4.69) is 9.72 Å². The van der Waals surface area contributed by atoms with E-state index in [1.165, 1.54) is 23.7 Å². The summed E-state index contributed by atoms with van der Waals surface area (Å²) in [6, 6.07) is 11.1. The molecule has 0 saturated heterocycles. The number of carbonyl (C=O) groups is 1. The Balaban J connectivity index is 1.83. The topological polar surface area (TPSA) is 107 Å². The summed E-state index contributed by atoms with van der Waals surface area (Å²) in [5.74, 6) is -1.40. The maximum Gasteiger partial charge on any atom is 0.573 e. The Hall–Kier alpha value is -4.26. The number of carbonyl (C=O) groups excluding carboxylic acids is 1. The van der Waals surface area contributed by atoms with Crippen LogP contribution in [0.3, 0.4) is 0 Å². The predicted octanol–water partition coefficient (Wildman–Crippen LogP) is 5.07. The van der Waals surface area contributed by atoms with Crippen LogP contribution in [0.25, 0.3) is 11.2 Å². The van der Waals surface area contributed by atoms with Crippen LogP contribution in [0.15, 0.2) is 58.1 Å². The van der Waals surface area contributed by atoms with Gasteiger partial charge in [-0.05, 0) is 41.7 Å². The average Bonchev–Trinajstić information content (AvgIpc) is 3.22. The van der Waals surface area contributed by atoms with E-state index in [9.17, 15) is 27.6 Å². The largest absolute Gasteiger partial charge is 0.573 e. The van der Waals surface area contributed by atoms with E-state index in [1.807, 2.05) is 20.8 Å². The molecule has 0 atom stereocenters. The van der Waals surface area contributed by atoms with E-state index >= 15 is 0 Å². The van der Waals surface area contributed by atoms with Crippen molar-refractivity contribution in [1.82, 2.24) is 18.8 Å². The van der Waals surface area contributed by atoms with Crippen molar-refractivity contribution in [3.8, 4) is 17.5 Å². The first-order chi connectivity index (χ1) is 19.1. The van der Waals surface area contributed by atoms with Gasteiger partial charge >= 0.3 is 29.6 Å². The molecular formula is C27H26ClF3N4O6. The van der Waals surface area contributed by atoms with Crippen molar-refractivity contribution in [3.05, 3.63) is 80.0 Å². The highest BCUT2D eigenvalue weighted by atomic mass is 35.5. The van der Waals surface area contributed by atoms with E-state index < -0.39 is 29.3 Å². The molecule has 0 aliphatic heterocycles. The number of ether oxygens (including phenoxy) is 2. The minimum Gasteiger partial charge on any atom is -0.425 e. The molecule has 4 aromatic rings. The van der Waals surface area contributed by atoms with E-state index in [4.69, 9.17) is 21.2 Å². The van der Waals surface area contributed by atoms with Gasteiger partial charge in [0.2, 0.25) is 0 Å². The van der Waals surface area contributed by atoms with E-state index in [0.717, 1.165) is 16.7 Å². The number of benzene rings is 2. The molecule has 0 saturated carbocycles. The van der Waals surface area contributed by atoms with Crippen molar-refractivity contribution in [2.45, 2.75) is 46.5 Å². The van der Waals surface area contributed by atoms with Crippen molar-refractivity contribution in [3.63, 3.8) is 0 Å². The summed E-state index contributed by atoms with van der Waals surface area (Å²) in [7, 11) is 1.32. The fraction of sp³-hybridized carbons (Fsp3) is 0.333. The second-order valence-corrected chi connectivity index (χ2v) is 10.8. The summed E-state index contributed by atoms with van der Waals surface area (Å²) in [5.41, 5.74) is -1.73. The SMILES string of the molecule is Cn1c(=O)n(OC(=O)CCC(C)(C)C)c(=O)c2c1nc(Oc1cccc(OC(F)(F)F)c1)n2Cc1ccc(Cl)cc1. The van der Waals surface area contributed by atoms with Crippen LogP contribution in [0.5, 0.6) is 17.5 Å². The van der Waals surface area contributed by atoms with Gasteiger partial charge in [0, 0.05) is 24.6 Å². The molecule has 0 aliphatic carbocycles. The second kappa shape index (κ2) is 11.3. The molecule has 0 aliphatic rings. The zero-order valence-corrected chi connectivity index (χ0v) is 23.2. The summed E-state index contributed by atoms with van der Waals surface area (Å²) >= 11 is 6.00. The summed E-state index contributed by atoms with van der Waals surface area (Å²) in [6.45, 7) is 5.77. The first kappa shape index (κ1) is 29.7. The number of aryl methyl sites for hydroxylation is 1. The Morgan fingerprint density at radius 2 is 1.68 bits per heavy atom. The van der Waals surface area contributed by atoms with Crippen LogP contribution >= 0.6 is 11.6 Å². The van der Waals surface area contributed by atoms with Gasteiger partial charge in [-0.15, -0.1) is 13.2 Å². The molecule has 218 valence electrons. The third-order valence-corrected chi connectivity index (χ3v) is 6.11. The summed E-state index contributed by atoms with van der Waals surface area (Å²) in [6.07, 6.45) is -4.51. The number of alkyl halides is 3. The number of hydrogen-bond donors (Lipinski definition) is 0. The van der Waals surface area contributed by atoms with Crippen LogP contribution < -0.4 is 25.6 Å². The molecule has 14 heteroatoms. The number of hydrogen-bond acceptors (Lipinski definition) is 7. The minimum absolute atomic E-state index is 0.0207. The van der Waals surface area contributed by atoms with Gasteiger partial charge in [-0.3, -0.25) is 13.9 Å². The second-order valence-electron chi connectivity index (χ2n) is 10.4. The lowest BCUT2D eigenvalue weighted by atomic mass is 9.91. The molecule has 2 heterocycles. The van der Waals surface area contributed by atoms with Crippen LogP contribution in [0, 0.1) is 5.41 Å². The number of nitrogens with zero attached hydrogens (tertiary/aromatic N) is 4. The summed E-state index contributed by atoms with van der Waals surface area (Å²) in [4.78, 5) is 48.6. The Labute approximate surface area is 236 Å². The number of fused-ring (bicyclic) bond motifs is 1. The maximum atomic E-state index is 13.6. The predicted molar refractivity (Wildman–Crippen MR) is 143 cm³/mol. The lowest BCUT2D eigenvalue weighted by Gasteiger charge is -2.17. The Kier molecular flexibility index (Phi) is 8.20. The summed E-state index contributed by atoms with van der Waals surface area (Å²) < 4.78 is 50.7. The van der Waals surface area contributed by atoms with Gasteiger partial charge in [0.05, 0.1) is 6.54 Å². The van der Waals surface area contributed by atoms with Gasteiger partial charge in [0.1, 0.15) is 11.5 Å². The van der Waals surface area contributed by atoms with Gasteiger partial charge in [-0.25, -0.2) is 9.59 Å². The fourth-order valence-corrected chi connectivity index (χ4v) is 3.94. The smallest absolute Gasteiger partial charge is 0.425 e. The van der Waals surface area contributed by atoms with Crippen LogP contribution in [0.1, 0.15) is 39.2 Å². The van der Waals surface area contributed by atoms with E-state index in [0.29, 0.717) is 21.7 Å². The molecular weight excluding hydrogens is 569 g/mol. The van der Waals surface area contributed by atoms with Gasteiger partial charge in [0.25, 0.3) is 0 Å². The molecule has 10 nitrogen and oxygen atoms in total. The van der Waals surface area contributed by atoms with Crippen molar-refractivity contribution >= 4 is 28.7 Å². The highest BCUT2D eigenvalue weighted by molar-refractivity contribution is 6.30. The molecule has 41 heavy (non-hydrogen) atoms. The molecule has 0 radical (unpaired) electrons. The third kappa shape index (κ3) is 7.28. The zero-order valence-electron chi connectivity index (χ0n) is 22.5. The Morgan fingerprint density at radius 1 is 1.02 bits per heavy atom. The van der Waals surface area contributed by atoms with Gasteiger partial charge < -0.3 is 14.3 Å². The first-order valence-electron chi connectivity index (χ1n) is 12.3. The quantitative estimate of drug-likeness (QED) is 0.280. The van der Waals surface area contributed by atoms with Crippen LogP contribution in [-0.4, -0.2) is 31.2 Å². The molecule has 0 amide bonds. The van der Waals surface area contributed by atoms with Crippen LogP contribution in [0.4, 0.5) is 13.2 Å². The lowest BCUT2D eigenvalue weighted by molar-refractivity contribution is -0.274. The van der Waals surface area contributed by atoms with Crippen molar-refractivity contribution in [2.24, 2.45) is 12.5 Å². The first-order valence-corrected chi connectivity index (χ1v) is 12.7. The number of imidazole rings is 1. The highest BCUT2D eigenvalue weighted by Gasteiger charge is 2.31. The molecule has 2 aromatic heterocycles.